The SMILES string of the molecule is CC(C)C(NS(=O)(=O)c1ccc(Cl)cc1)C(=O)NCc1ccccc1CN(C)C. The van der Waals surface area contributed by atoms with Gasteiger partial charge in [0, 0.05) is 18.1 Å². The van der Waals surface area contributed by atoms with E-state index in [9.17, 15) is 13.2 Å². The first-order chi connectivity index (χ1) is 13.6. The molecule has 2 N–H and O–H groups in total. The van der Waals surface area contributed by atoms with E-state index in [0.717, 1.165) is 17.7 Å². The minimum absolute atomic E-state index is 0.0664. The summed E-state index contributed by atoms with van der Waals surface area (Å²) in [7, 11) is 0.114. The summed E-state index contributed by atoms with van der Waals surface area (Å²) in [5, 5.41) is 3.31. The predicted molar refractivity (Wildman–Crippen MR) is 116 cm³/mol. The van der Waals surface area contributed by atoms with Crippen LogP contribution in [-0.4, -0.2) is 39.4 Å². The lowest BCUT2D eigenvalue weighted by molar-refractivity contribution is -0.123. The number of amides is 1. The van der Waals surface area contributed by atoms with Crippen LogP contribution in [0.5, 0.6) is 0 Å². The molecule has 2 rings (SSSR count). The van der Waals surface area contributed by atoms with E-state index in [1.165, 1.54) is 24.3 Å². The second kappa shape index (κ2) is 10.2. The predicted octanol–water partition coefficient (Wildman–Crippen LogP) is 3.02. The Morgan fingerprint density at radius 1 is 1.03 bits per heavy atom. The van der Waals surface area contributed by atoms with E-state index in [1.807, 2.05) is 38.4 Å². The molecular weight excluding hydrogens is 410 g/mol. The molecule has 0 saturated carbocycles. The Labute approximate surface area is 178 Å². The van der Waals surface area contributed by atoms with Gasteiger partial charge in [0.1, 0.15) is 6.04 Å². The zero-order valence-electron chi connectivity index (χ0n) is 17.1. The van der Waals surface area contributed by atoms with E-state index in [-0.39, 0.29) is 16.7 Å². The Morgan fingerprint density at radius 3 is 2.17 bits per heavy atom. The van der Waals surface area contributed by atoms with Crippen LogP contribution < -0.4 is 10.0 Å². The Bertz CT molecular complexity index is 928. The van der Waals surface area contributed by atoms with Gasteiger partial charge in [-0.25, -0.2) is 8.42 Å². The van der Waals surface area contributed by atoms with Crippen molar-refractivity contribution in [3.8, 4) is 0 Å². The van der Waals surface area contributed by atoms with Gasteiger partial charge in [-0.2, -0.15) is 4.72 Å². The van der Waals surface area contributed by atoms with Crippen LogP contribution in [0.4, 0.5) is 0 Å². The van der Waals surface area contributed by atoms with Crippen LogP contribution in [0.2, 0.25) is 5.02 Å². The van der Waals surface area contributed by atoms with E-state index in [0.29, 0.717) is 11.6 Å². The normalized spacial score (nSPS) is 12.9. The summed E-state index contributed by atoms with van der Waals surface area (Å²) in [4.78, 5) is 14.9. The molecule has 0 aliphatic heterocycles. The Balaban J connectivity index is 2.11. The van der Waals surface area contributed by atoms with Gasteiger partial charge < -0.3 is 10.2 Å². The molecule has 2 aromatic carbocycles. The number of carbonyl (C=O) groups is 1. The van der Waals surface area contributed by atoms with Crippen LogP contribution in [0.1, 0.15) is 25.0 Å². The fourth-order valence-corrected chi connectivity index (χ4v) is 4.33. The van der Waals surface area contributed by atoms with Gasteiger partial charge in [0.15, 0.2) is 0 Å². The number of carbonyl (C=O) groups excluding carboxylic acids is 1. The van der Waals surface area contributed by atoms with Crippen molar-refractivity contribution in [2.24, 2.45) is 5.92 Å². The quantitative estimate of drug-likeness (QED) is 0.632. The first kappa shape index (κ1) is 23.3. The first-order valence-electron chi connectivity index (χ1n) is 9.37. The molecule has 0 saturated heterocycles. The van der Waals surface area contributed by atoms with E-state index < -0.39 is 16.1 Å². The molecule has 158 valence electrons. The summed E-state index contributed by atoms with van der Waals surface area (Å²) in [6.07, 6.45) is 0. The standard InChI is InChI=1S/C21H28ClN3O3S/c1-15(2)20(24-29(27,28)19-11-9-18(22)10-12-19)21(26)23-13-16-7-5-6-8-17(16)14-25(3)4/h5-12,15,20,24H,13-14H2,1-4H3,(H,23,26). The second-order valence-corrected chi connectivity index (χ2v) is 9.67. The average Bonchev–Trinajstić information content (AvgIpc) is 2.65. The van der Waals surface area contributed by atoms with E-state index >= 15 is 0 Å². The van der Waals surface area contributed by atoms with Crippen LogP contribution in [-0.2, 0) is 27.9 Å². The molecule has 0 spiro atoms. The maximum absolute atomic E-state index is 12.8. The van der Waals surface area contributed by atoms with Crippen LogP contribution in [0.3, 0.4) is 0 Å². The third-order valence-electron chi connectivity index (χ3n) is 4.41. The smallest absolute Gasteiger partial charge is 0.241 e. The fourth-order valence-electron chi connectivity index (χ4n) is 2.86. The molecule has 0 heterocycles. The molecule has 0 radical (unpaired) electrons. The molecule has 0 bridgehead atoms. The number of hydrogen-bond donors (Lipinski definition) is 2. The molecule has 29 heavy (non-hydrogen) atoms. The van der Waals surface area contributed by atoms with Gasteiger partial charge in [0.2, 0.25) is 15.9 Å². The van der Waals surface area contributed by atoms with Crippen LogP contribution in [0, 0.1) is 5.92 Å². The van der Waals surface area contributed by atoms with Crippen molar-refractivity contribution in [1.82, 2.24) is 14.9 Å². The van der Waals surface area contributed by atoms with Crippen molar-refractivity contribution in [2.75, 3.05) is 14.1 Å². The van der Waals surface area contributed by atoms with Crippen molar-refractivity contribution >= 4 is 27.5 Å². The van der Waals surface area contributed by atoms with Crippen molar-refractivity contribution in [1.29, 1.82) is 0 Å². The lowest BCUT2D eigenvalue weighted by Crippen LogP contribution is -2.49. The molecule has 6 nitrogen and oxygen atoms in total. The van der Waals surface area contributed by atoms with Gasteiger partial charge in [0.05, 0.1) is 4.90 Å². The van der Waals surface area contributed by atoms with E-state index in [1.54, 1.807) is 13.8 Å². The molecule has 0 aliphatic rings. The zero-order valence-corrected chi connectivity index (χ0v) is 18.7. The van der Waals surface area contributed by atoms with Crippen LogP contribution in [0.15, 0.2) is 53.4 Å². The highest BCUT2D eigenvalue weighted by Gasteiger charge is 2.28. The molecule has 8 heteroatoms. The summed E-state index contributed by atoms with van der Waals surface area (Å²) in [6.45, 7) is 4.68. The lowest BCUT2D eigenvalue weighted by atomic mass is 10.0. The maximum atomic E-state index is 12.8. The third kappa shape index (κ3) is 6.82. The summed E-state index contributed by atoms with van der Waals surface area (Å²) < 4.78 is 27.9. The lowest BCUT2D eigenvalue weighted by Gasteiger charge is -2.22. The zero-order chi connectivity index (χ0) is 21.6. The van der Waals surface area contributed by atoms with E-state index in [4.69, 9.17) is 11.6 Å². The number of nitrogens with one attached hydrogen (secondary N) is 2. The third-order valence-corrected chi connectivity index (χ3v) is 6.12. The molecule has 0 aliphatic carbocycles. The number of sulfonamides is 1. The highest BCUT2D eigenvalue weighted by Crippen LogP contribution is 2.16. The molecular formula is C21H28ClN3O3S. The van der Waals surface area contributed by atoms with Crippen molar-refractivity contribution in [2.45, 2.75) is 37.9 Å². The van der Waals surface area contributed by atoms with Gasteiger partial charge in [-0.3, -0.25) is 4.79 Å². The van der Waals surface area contributed by atoms with Crippen molar-refractivity contribution in [3.05, 3.63) is 64.7 Å². The van der Waals surface area contributed by atoms with Gasteiger partial charge in [-0.1, -0.05) is 49.7 Å². The summed E-state index contributed by atoms with van der Waals surface area (Å²) in [5.74, 6) is -0.591. The summed E-state index contributed by atoms with van der Waals surface area (Å²) >= 11 is 5.83. The number of nitrogens with zero attached hydrogens (tertiary/aromatic N) is 1. The van der Waals surface area contributed by atoms with Gasteiger partial charge in [0.25, 0.3) is 0 Å². The van der Waals surface area contributed by atoms with Gasteiger partial charge >= 0.3 is 0 Å². The molecule has 2 aromatic rings. The maximum Gasteiger partial charge on any atom is 0.241 e. The van der Waals surface area contributed by atoms with Crippen LogP contribution in [0.25, 0.3) is 0 Å². The van der Waals surface area contributed by atoms with E-state index in [2.05, 4.69) is 14.9 Å². The number of hydrogen-bond acceptors (Lipinski definition) is 4. The average molecular weight is 438 g/mol. The Morgan fingerprint density at radius 2 is 1.62 bits per heavy atom. The minimum Gasteiger partial charge on any atom is -0.351 e. The monoisotopic (exact) mass is 437 g/mol. The highest BCUT2D eigenvalue weighted by atomic mass is 35.5. The second-order valence-electron chi connectivity index (χ2n) is 7.52. The summed E-state index contributed by atoms with van der Waals surface area (Å²) in [5.41, 5.74) is 2.11. The van der Waals surface area contributed by atoms with Crippen molar-refractivity contribution in [3.63, 3.8) is 0 Å². The Hall–Kier alpha value is -1.93. The van der Waals surface area contributed by atoms with Crippen molar-refractivity contribution < 1.29 is 13.2 Å². The molecule has 1 amide bonds. The number of rotatable bonds is 9. The molecule has 1 atom stereocenters. The first-order valence-corrected chi connectivity index (χ1v) is 11.2. The molecule has 0 fully saturated rings. The molecule has 1 unspecified atom stereocenters. The number of halogens is 1. The Kier molecular flexibility index (Phi) is 8.22. The highest BCUT2D eigenvalue weighted by molar-refractivity contribution is 7.89. The topological polar surface area (TPSA) is 78.5 Å². The summed E-state index contributed by atoms with van der Waals surface area (Å²) in [6, 6.07) is 12.8. The van der Waals surface area contributed by atoms with Gasteiger partial charge in [-0.15, -0.1) is 0 Å². The van der Waals surface area contributed by atoms with Gasteiger partial charge in [-0.05, 0) is 55.4 Å². The largest absolute Gasteiger partial charge is 0.351 e. The van der Waals surface area contributed by atoms with Crippen LogP contribution >= 0.6 is 11.6 Å². The minimum atomic E-state index is -3.85. The fraction of sp³-hybridized carbons (Fsp3) is 0.381. The molecule has 0 aromatic heterocycles. The number of benzene rings is 2.